The fraction of sp³-hybridized carbons (Fsp3) is 0.265. The molecule has 0 radical (unpaired) electrons. The van der Waals surface area contributed by atoms with Gasteiger partial charge in [-0.2, -0.15) is 26.3 Å². The van der Waals surface area contributed by atoms with E-state index in [0.717, 1.165) is 24.3 Å². The van der Waals surface area contributed by atoms with E-state index in [2.05, 4.69) is 4.98 Å². The third kappa shape index (κ3) is 5.85. The number of carbonyl (C=O) groups is 2. The second-order valence-corrected chi connectivity index (χ2v) is 11.4. The number of fused-ring (bicyclic) bond motifs is 1. The molecular formula is C34H26F6N2O5. The first kappa shape index (κ1) is 31.9. The lowest BCUT2D eigenvalue weighted by molar-refractivity contribution is -0.138. The highest BCUT2D eigenvalue weighted by Gasteiger charge is 2.51. The summed E-state index contributed by atoms with van der Waals surface area (Å²) < 4.78 is 93.5. The molecule has 2 saturated heterocycles. The van der Waals surface area contributed by atoms with Crippen molar-refractivity contribution < 1.29 is 50.5 Å². The minimum Gasteiger partial charge on any atom is -0.481 e. The van der Waals surface area contributed by atoms with E-state index in [4.69, 9.17) is 9.47 Å². The maximum Gasteiger partial charge on any atom is 0.416 e. The molecule has 47 heavy (non-hydrogen) atoms. The molecule has 0 bridgehead atoms. The van der Waals surface area contributed by atoms with E-state index in [-0.39, 0.29) is 35.4 Å². The topological polar surface area (TPSA) is 89.0 Å². The molecule has 1 unspecified atom stereocenters. The van der Waals surface area contributed by atoms with E-state index < -0.39 is 53.7 Å². The van der Waals surface area contributed by atoms with Gasteiger partial charge in [0.25, 0.3) is 0 Å². The number of methoxy groups -OCH3 is 1. The fourth-order valence-corrected chi connectivity index (χ4v) is 6.47. The summed E-state index contributed by atoms with van der Waals surface area (Å²) in [7, 11) is 1.35. The Hall–Kier alpha value is -5.07. The Morgan fingerprint density at radius 1 is 0.915 bits per heavy atom. The molecule has 0 spiro atoms. The van der Waals surface area contributed by atoms with Gasteiger partial charge in [0.05, 0.1) is 35.9 Å². The summed E-state index contributed by atoms with van der Waals surface area (Å²) in [5.41, 5.74) is 0.891. The molecule has 1 aromatic heterocycles. The molecule has 1 N–H and O–H groups in total. The molecule has 3 atom stereocenters. The van der Waals surface area contributed by atoms with Crippen LogP contribution in [0.4, 0.5) is 31.1 Å². The molecule has 6 rings (SSSR count). The number of hydrogen-bond donors (Lipinski definition) is 1. The number of rotatable bonds is 6. The van der Waals surface area contributed by atoms with Crippen molar-refractivity contribution in [2.24, 2.45) is 0 Å². The molecule has 2 fully saturated rings. The average Bonchev–Trinajstić information content (AvgIpc) is 3.60. The minimum atomic E-state index is -4.72. The summed E-state index contributed by atoms with van der Waals surface area (Å²) in [5.74, 6) is -1.01. The van der Waals surface area contributed by atoms with Gasteiger partial charge in [-0.15, -0.1) is 0 Å². The van der Waals surface area contributed by atoms with Crippen molar-refractivity contribution in [1.82, 2.24) is 9.88 Å². The van der Waals surface area contributed by atoms with Gasteiger partial charge < -0.3 is 14.6 Å². The third-order valence-corrected chi connectivity index (χ3v) is 8.62. The standard InChI is InChI=1S/C34H26F6N2O5/c1-17-12-19(31(43)44)6-8-23(17)20-14-26(30(46-2)41-16-20)24-9-7-22(34(38,39)40)15-25(24)27-10-11-28-29(47-32(45)42(27)28)18-4-3-5-21(13-18)33(35,36)37/h3-9,12-16,27-29H,10-11H2,1-2H3,(H,43,44)/t27?,28-,29+/m0/s1. The number of alkyl halides is 6. The van der Waals surface area contributed by atoms with E-state index >= 15 is 0 Å². The number of carbonyl (C=O) groups excluding carboxylic acids is 1. The predicted octanol–water partition coefficient (Wildman–Crippen LogP) is 8.87. The average molecular weight is 657 g/mol. The highest BCUT2D eigenvalue weighted by Crippen LogP contribution is 2.51. The molecule has 3 aromatic carbocycles. The molecule has 1 amide bonds. The summed E-state index contributed by atoms with van der Waals surface area (Å²) in [5, 5.41) is 9.36. The number of ether oxygens (including phenoxy) is 2. The van der Waals surface area contributed by atoms with Crippen molar-refractivity contribution in [3.05, 3.63) is 106 Å². The van der Waals surface area contributed by atoms with Crippen LogP contribution in [0.2, 0.25) is 0 Å². The zero-order valence-corrected chi connectivity index (χ0v) is 24.8. The summed E-state index contributed by atoms with van der Waals surface area (Å²) in [6, 6.07) is 12.2. The number of nitrogens with zero attached hydrogens (tertiary/aromatic N) is 2. The highest BCUT2D eigenvalue weighted by atomic mass is 19.4. The Morgan fingerprint density at radius 3 is 2.28 bits per heavy atom. The first-order valence-electron chi connectivity index (χ1n) is 14.4. The number of pyridine rings is 1. The first-order chi connectivity index (χ1) is 22.2. The van der Waals surface area contributed by atoms with Crippen LogP contribution in [0.15, 0.2) is 72.9 Å². The van der Waals surface area contributed by atoms with Gasteiger partial charge in [0.2, 0.25) is 5.88 Å². The molecule has 2 aliphatic heterocycles. The summed E-state index contributed by atoms with van der Waals surface area (Å²) in [4.78, 5) is 30.4. The SMILES string of the molecule is COc1ncc(-c2ccc(C(=O)O)cc2C)cc1-c1ccc(C(F)(F)F)cc1C1CC[C@H]2[C@@H](c3cccc(C(F)(F)F)c3)OC(=O)N12. The predicted molar refractivity (Wildman–Crippen MR) is 157 cm³/mol. The number of carboxylic acids is 1. The van der Waals surface area contributed by atoms with Gasteiger partial charge >= 0.3 is 24.4 Å². The lowest BCUT2D eigenvalue weighted by atomic mass is 9.90. The lowest BCUT2D eigenvalue weighted by Crippen LogP contribution is -2.31. The van der Waals surface area contributed by atoms with E-state index in [9.17, 15) is 41.0 Å². The molecule has 4 aromatic rings. The van der Waals surface area contributed by atoms with Crippen molar-refractivity contribution >= 4 is 12.1 Å². The van der Waals surface area contributed by atoms with Crippen molar-refractivity contribution in [3.63, 3.8) is 0 Å². The van der Waals surface area contributed by atoms with Crippen molar-refractivity contribution in [3.8, 4) is 28.1 Å². The van der Waals surface area contributed by atoms with E-state index in [1.54, 1.807) is 19.1 Å². The maximum absolute atomic E-state index is 14.0. The van der Waals surface area contributed by atoms with Gasteiger partial charge in [-0.3, -0.25) is 4.90 Å². The Kier molecular flexibility index (Phi) is 7.89. The van der Waals surface area contributed by atoms with Crippen LogP contribution < -0.4 is 4.74 Å². The summed E-state index contributed by atoms with van der Waals surface area (Å²) in [6.07, 6.45) is -9.27. The Bertz CT molecular complexity index is 1890. The first-order valence-corrected chi connectivity index (χ1v) is 14.4. The zero-order valence-electron chi connectivity index (χ0n) is 24.8. The van der Waals surface area contributed by atoms with Crippen LogP contribution in [-0.4, -0.2) is 40.2 Å². The Balaban J connectivity index is 1.45. The Labute approximate surface area is 264 Å². The molecular weight excluding hydrogens is 630 g/mol. The van der Waals surface area contributed by atoms with Crippen LogP contribution in [0.25, 0.3) is 22.3 Å². The van der Waals surface area contributed by atoms with Crippen molar-refractivity contribution in [2.75, 3.05) is 7.11 Å². The largest absolute Gasteiger partial charge is 0.481 e. The zero-order chi connectivity index (χ0) is 33.8. The van der Waals surface area contributed by atoms with Gasteiger partial charge in [-0.25, -0.2) is 14.6 Å². The van der Waals surface area contributed by atoms with E-state index in [1.165, 1.54) is 48.5 Å². The molecule has 2 aliphatic rings. The minimum absolute atomic E-state index is 0.0784. The van der Waals surface area contributed by atoms with Crippen LogP contribution in [0, 0.1) is 6.92 Å². The van der Waals surface area contributed by atoms with Crippen LogP contribution in [-0.2, 0) is 17.1 Å². The quantitative estimate of drug-likeness (QED) is 0.209. The van der Waals surface area contributed by atoms with E-state index in [1.807, 2.05) is 0 Å². The van der Waals surface area contributed by atoms with Gasteiger partial charge in [-0.05, 0) is 90.0 Å². The highest BCUT2D eigenvalue weighted by molar-refractivity contribution is 5.89. The second kappa shape index (κ2) is 11.6. The Morgan fingerprint density at radius 2 is 1.62 bits per heavy atom. The number of aromatic nitrogens is 1. The molecule has 0 saturated carbocycles. The van der Waals surface area contributed by atoms with Gasteiger partial charge in [-0.1, -0.05) is 24.3 Å². The van der Waals surface area contributed by atoms with Crippen LogP contribution in [0.5, 0.6) is 5.88 Å². The number of hydrogen-bond acceptors (Lipinski definition) is 5. The molecule has 13 heteroatoms. The number of aromatic carboxylic acids is 1. The molecule has 3 heterocycles. The summed E-state index contributed by atoms with van der Waals surface area (Å²) in [6.45, 7) is 1.72. The molecule has 244 valence electrons. The molecule has 7 nitrogen and oxygen atoms in total. The van der Waals surface area contributed by atoms with Crippen molar-refractivity contribution in [1.29, 1.82) is 0 Å². The molecule has 0 aliphatic carbocycles. The van der Waals surface area contributed by atoms with Gasteiger partial charge in [0.15, 0.2) is 0 Å². The number of aryl methyl sites for hydroxylation is 1. The lowest BCUT2D eigenvalue weighted by Gasteiger charge is -2.26. The number of amides is 1. The normalized spacial score (nSPS) is 19.4. The van der Waals surface area contributed by atoms with Crippen LogP contribution in [0.1, 0.15) is 63.2 Å². The fourth-order valence-electron chi connectivity index (χ4n) is 6.47. The number of carboxylic acid groups (broad SMARTS) is 1. The third-order valence-electron chi connectivity index (χ3n) is 8.62. The monoisotopic (exact) mass is 656 g/mol. The maximum atomic E-state index is 14.0. The van der Waals surface area contributed by atoms with Crippen LogP contribution >= 0.6 is 0 Å². The van der Waals surface area contributed by atoms with Crippen LogP contribution in [0.3, 0.4) is 0 Å². The second-order valence-electron chi connectivity index (χ2n) is 11.4. The smallest absolute Gasteiger partial charge is 0.416 e. The van der Waals surface area contributed by atoms with E-state index in [0.29, 0.717) is 27.8 Å². The number of benzene rings is 3. The number of cyclic esters (lactones) is 1. The summed E-state index contributed by atoms with van der Waals surface area (Å²) >= 11 is 0. The van der Waals surface area contributed by atoms with Gasteiger partial charge in [0.1, 0.15) is 6.10 Å². The number of halogens is 6. The van der Waals surface area contributed by atoms with Crippen molar-refractivity contribution in [2.45, 2.75) is 50.3 Å². The van der Waals surface area contributed by atoms with Gasteiger partial charge in [0, 0.05) is 17.3 Å².